The van der Waals surface area contributed by atoms with Crippen molar-refractivity contribution >= 4 is 223 Å². The molecule has 0 N–H and O–H groups in total. The summed E-state index contributed by atoms with van der Waals surface area (Å²) in [4.78, 5) is 40.7. The van der Waals surface area contributed by atoms with E-state index in [9.17, 15) is 0 Å². The Kier molecular flexibility index (Phi) is 16.6. The third kappa shape index (κ3) is 11.7. The van der Waals surface area contributed by atoms with Crippen molar-refractivity contribution in [2.24, 2.45) is 0 Å². The number of fused-ring (bicyclic) bond motifs is 25. The van der Waals surface area contributed by atoms with Gasteiger partial charge in [-0.2, -0.15) is 19.9 Å². The summed E-state index contributed by atoms with van der Waals surface area (Å²) in [5, 5.41) is 22.0. The van der Waals surface area contributed by atoms with Crippen LogP contribution in [-0.4, -0.2) is 39.9 Å². The molecule has 24 rings (SSSR count). The van der Waals surface area contributed by atoms with Crippen LogP contribution in [0.2, 0.25) is 21.1 Å². The van der Waals surface area contributed by atoms with E-state index in [4.69, 9.17) is 64.1 Å². The molecule has 1 aliphatic rings. The topological polar surface area (TPSA) is 156 Å². The van der Waals surface area contributed by atoms with Crippen molar-refractivity contribution in [2.45, 2.75) is 19.6 Å². The number of rotatable bonds is 4. The Morgan fingerprint density at radius 1 is 0.223 bits per heavy atom. The van der Waals surface area contributed by atoms with Gasteiger partial charge in [0.2, 0.25) is 44.0 Å². The first-order valence-electron chi connectivity index (χ1n) is 35.9. The molecule has 0 radical (unpaired) electrons. The highest BCUT2D eigenvalue weighted by Gasteiger charge is 2.27. The minimum absolute atomic E-state index is 0.180. The van der Waals surface area contributed by atoms with Crippen molar-refractivity contribution in [3.8, 4) is 45.0 Å². The Morgan fingerprint density at radius 3 is 1.32 bits per heavy atom. The lowest BCUT2D eigenvalue weighted by atomic mass is 9.96. The second-order valence-electron chi connectivity index (χ2n) is 26.9. The molecule has 0 fully saturated rings. The fourth-order valence-electron chi connectivity index (χ4n) is 15.5. The molecule has 12 nitrogen and oxygen atoms in total. The minimum Gasteiger partial charge on any atom is -0.438 e. The molecule has 18 heteroatoms. The number of hydrogen-bond acceptors (Lipinski definition) is 14. The van der Waals surface area contributed by atoms with Gasteiger partial charge in [-0.25, -0.2) is 19.9 Å². The summed E-state index contributed by atoms with van der Waals surface area (Å²) >= 11 is 28.6. The minimum atomic E-state index is 0.180. The molecule has 15 aromatic carbocycles. The van der Waals surface area contributed by atoms with Gasteiger partial charge in [-0.15, -0.1) is 0 Å². The molecule has 112 heavy (non-hydrogen) atoms. The molecule has 0 amide bonds. The maximum atomic E-state index is 6.28. The standard InChI is InChI=1S/3C24H13ClN2O.C22H11ClN2OS2/c25-24-26-21(17-10-9-14-5-1-2-7-16(14)13-17)20-19-12-11-15-6-3-4-8-18(15)22(19)28-23(20)27-24;25-24-26-22(17-10-9-14-5-1-2-7-16(14)13-17)21-20-18-8-4-3-6-15(18)11-12-19(20)28-23(21)27-24;25-24-26-21(14-8-2-1-3-9-14)20-19-17-12-6-4-10-15(17)16-11-5-7-13-18(16)22(19)28-23(20)27-24;23-22-24-19(18-12-6-1-2-8-14(12)26-21(18)25-22)13-7-5-11-17-20(13)28-16-10-4-3-9-15(16)27-17/h3*1-13H;1-11H. The zero-order valence-corrected chi connectivity index (χ0v) is 63.1. The summed E-state index contributed by atoms with van der Waals surface area (Å²) in [5.41, 5.74) is 12.4. The van der Waals surface area contributed by atoms with Gasteiger partial charge in [0.25, 0.3) is 0 Å². The van der Waals surface area contributed by atoms with E-state index in [-0.39, 0.29) is 21.1 Å². The van der Waals surface area contributed by atoms with Crippen molar-refractivity contribution in [3.05, 3.63) is 324 Å². The average molecular weight is 1560 g/mol. The third-order valence-electron chi connectivity index (χ3n) is 20.4. The van der Waals surface area contributed by atoms with Crippen LogP contribution in [0.1, 0.15) is 0 Å². The molecule has 0 unspecified atom stereocenters. The fraction of sp³-hybridized carbons (Fsp3) is 0. The number of benzene rings is 15. The second kappa shape index (κ2) is 27.7. The molecule has 0 bridgehead atoms. The summed E-state index contributed by atoms with van der Waals surface area (Å²) in [6, 6.07) is 103. The third-order valence-corrected chi connectivity index (χ3v) is 23.7. The molecule has 0 spiro atoms. The fourth-order valence-corrected chi connectivity index (χ4v) is 18.5. The summed E-state index contributed by atoms with van der Waals surface area (Å²) in [5.74, 6) is 0. The van der Waals surface area contributed by atoms with Crippen molar-refractivity contribution < 1.29 is 17.7 Å². The monoisotopic (exact) mass is 1560 g/mol. The van der Waals surface area contributed by atoms with Crippen LogP contribution in [0.4, 0.5) is 0 Å². The van der Waals surface area contributed by atoms with Gasteiger partial charge < -0.3 is 17.7 Å². The van der Waals surface area contributed by atoms with Gasteiger partial charge in [-0.1, -0.05) is 278 Å². The molecule has 0 saturated carbocycles. The Morgan fingerprint density at radius 2 is 0.652 bits per heavy atom. The molecule has 0 aliphatic carbocycles. The second-order valence-corrected chi connectivity index (χ2v) is 30.4. The van der Waals surface area contributed by atoms with E-state index in [1.54, 1.807) is 23.5 Å². The van der Waals surface area contributed by atoms with Gasteiger partial charge in [0.1, 0.15) is 22.3 Å². The SMILES string of the molecule is Clc1nc(-c2ccc3ccccc3c2)c2c(n1)oc1c3ccccc3ccc12.Clc1nc(-c2ccc3ccccc3c2)c2c(n1)oc1ccc3ccccc3c12.Clc1nc(-c2cccc3c2Sc2ccccc2S3)c2c(n1)oc1ccccc12.Clc1nc(-c2ccccc2)c2c(n1)oc1c3ccccc3c3ccccc3c12. The Hall–Kier alpha value is -12.8. The normalized spacial score (nSPS) is 12.0. The van der Waals surface area contributed by atoms with Crippen LogP contribution in [0.5, 0.6) is 0 Å². The molecule has 9 heterocycles. The molecular weight excluding hydrogens is 1510 g/mol. The molecule has 530 valence electrons. The first-order valence-corrected chi connectivity index (χ1v) is 39.0. The molecule has 8 aromatic heterocycles. The van der Waals surface area contributed by atoms with Crippen molar-refractivity contribution in [1.29, 1.82) is 0 Å². The molecule has 0 saturated heterocycles. The van der Waals surface area contributed by atoms with Gasteiger partial charge in [0.05, 0.1) is 44.3 Å². The molecular formula is C94H50Cl4N8O4S2. The Bertz CT molecular complexity index is 7820. The van der Waals surface area contributed by atoms with E-state index in [0.29, 0.717) is 22.9 Å². The van der Waals surface area contributed by atoms with Crippen LogP contribution in [0.15, 0.2) is 341 Å². The zero-order chi connectivity index (χ0) is 74.7. The summed E-state index contributed by atoms with van der Waals surface area (Å²) in [6.07, 6.45) is 0. The molecule has 1 aliphatic heterocycles. The highest BCUT2D eigenvalue weighted by Crippen LogP contribution is 2.53. The van der Waals surface area contributed by atoms with E-state index in [1.165, 1.54) is 35.7 Å². The van der Waals surface area contributed by atoms with Crippen LogP contribution < -0.4 is 0 Å². The van der Waals surface area contributed by atoms with E-state index in [0.717, 1.165) is 159 Å². The first kappa shape index (κ1) is 67.4. The van der Waals surface area contributed by atoms with Gasteiger partial charge in [-0.3, -0.25) is 0 Å². The highest BCUT2D eigenvalue weighted by atomic mass is 35.5. The highest BCUT2D eigenvalue weighted by molar-refractivity contribution is 8.05. The number of halogens is 4. The van der Waals surface area contributed by atoms with Crippen molar-refractivity contribution in [1.82, 2.24) is 39.9 Å². The van der Waals surface area contributed by atoms with Gasteiger partial charge in [0, 0.05) is 74.2 Å². The van der Waals surface area contributed by atoms with E-state index in [1.807, 2.05) is 121 Å². The number of para-hydroxylation sites is 1. The largest absolute Gasteiger partial charge is 0.438 e. The lowest BCUT2D eigenvalue weighted by Crippen LogP contribution is -1.95. The lowest BCUT2D eigenvalue weighted by Gasteiger charge is -2.20. The number of aromatic nitrogens is 8. The van der Waals surface area contributed by atoms with Crippen molar-refractivity contribution in [2.75, 3.05) is 0 Å². The predicted octanol–water partition coefficient (Wildman–Crippen LogP) is 28.3. The number of hydrogen-bond donors (Lipinski definition) is 0. The quantitative estimate of drug-likeness (QED) is 0.121. The van der Waals surface area contributed by atoms with Crippen LogP contribution in [-0.2, 0) is 0 Å². The van der Waals surface area contributed by atoms with E-state index >= 15 is 0 Å². The van der Waals surface area contributed by atoms with Crippen molar-refractivity contribution in [3.63, 3.8) is 0 Å². The number of furan rings is 4. The average Bonchev–Trinajstić information content (AvgIpc) is 1.55. The summed E-state index contributed by atoms with van der Waals surface area (Å²) in [7, 11) is 0. The maximum absolute atomic E-state index is 6.28. The van der Waals surface area contributed by atoms with Gasteiger partial charge >= 0.3 is 0 Å². The summed E-state index contributed by atoms with van der Waals surface area (Å²) < 4.78 is 24.4. The molecule has 23 aromatic rings. The molecule has 0 atom stereocenters. The van der Waals surface area contributed by atoms with E-state index < -0.39 is 0 Å². The van der Waals surface area contributed by atoms with Crippen LogP contribution in [0.25, 0.3) is 198 Å². The number of nitrogens with zero attached hydrogens (tertiary/aromatic N) is 8. The summed E-state index contributed by atoms with van der Waals surface area (Å²) in [6.45, 7) is 0. The Balaban J connectivity index is 0.0000000943. The first-order chi connectivity index (χ1) is 55.1. The van der Waals surface area contributed by atoms with Gasteiger partial charge in [0.15, 0.2) is 0 Å². The van der Waals surface area contributed by atoms with Crippen LogP contribution >= 0.6 is 69.9 Å². The smallest absolute Gasteiger partial charge is 0.232 e. The van der Waals surface area contributed by atoms with Crippen LogP contribution in [0, 0.1) is 0 Å². The predicted molar refractivity (Wildman–Crippen MR) is 459 cm³/mol. The maximum Gasteiger partial charge on any atom is 0.232 e. The van der Waals surface area contributed by atoms with Gasteiger partial charge in [-0.05, 0) is 149 Å². The van der Waals surface area contributed by atoms with Crippen LogP contribution in [0.3, 0.4) is 0 Å². The van der Waals surface area contributed by atoms with E-state index in [2.05, 4.69) is 222 Å². The Labute approximate surface area is 664 Å². The zero-order valence-electron chi connectivity index (χ0n) is 58.4. The lowest BCUT2D eigenvalue weighted by molar-refractivity contribution is 0.652.